The predicted octanol–water partition coefficient (Wildman–Crippen LogP) is 1.82. The molecule has 92 valence electrons. The quantitative estimate of drug-likeness (QED) is 0.834. The highest BCUT2D eigenvalue weighted by atomic mass is 32.1. The molecular formula is C12H15FN2OS. The van der Waals surface area contributed by atoms with Gasteiger partial charge in [0.1, 0.15) is 5.82 Å². The van der Waals surface area contributed by atoms with Gasteiger partial charge in [-0.3, -0.25) is 4.79 Å². The van der Waals surface area contributed by atoms with Gasteiger partial charge in [-0.15, -0.1) is 0 Å². The fourth-order valence-corrected chi connectivity index (χ4v) is 1.50. The van der Waals surface area contributed by atoms with E-state index >= 15 is 0 Å². The van der Waals surface area contributed by atoms with Crippen molar-refractivity contribution in [1.29, 1.82) is 0 Å². The smallest absolute Gasteiger partial charge is 0.256 e. The van der Waals surface area contributed by atoms with Gasteiger partial charge in [-0.2, -0.15) is 0 Å². The number of amides is 1. The number of carbonyl (C=O) groups excluding carboxylic acids is 1. The molecule has 1 aromatic carbocycles. The van der Waals surface area contributed by atoms with Crippen LogP contribution in [-0.4, -0.2) is 29.4 Å². The number of halogens is 1. The molecule has 0 fully saturated rings. The molecule has 0 aliphatic carbocycles. The fraction of sp³-hybridized carbons (Fsp3) is 0.333. The second kappa shape index (κ2) is 5.72. The van der Waals surface area contributed by atoms with Crippen molar-refractivity contribution in [3.05, 3.63) is 35.6 Å². The SMILES string of the molecule is CC(CN(C)C(=O)c1ccccc1F)C(N)=S. The van der Waals surface area contributed by atoms with Crippen molar-refractivity contribution in [2.45, 2.75) is 6.92 Å². The van der Waals surface area contributed by atoms with Gasteiger partial charge in [0, 0.05) is 19.5 Å². The van der Waals surface area contributed by atoms with Crippen molar-refractivity contribution in [3.8, 4) is 0 Å². The highest BCUT2D eigenvalue weighted by molar-refractivity contribution is 7.80. The van der Waals surface area contributed by atoms with Gasteiger partial charge in [-0.05, 0) is 12.1 Å². The monoisotopic (exact) mass is 254 g/mol. The van der Waals surface area contributed by atoms with Crippen molar-refractivity contribution in [2.75, 3.05) is 13.6 Å². The van der Waals surface area contributed by atoms with Crippen LogP contribution in [0.25, 0.3) is 0 Å². The lowest BCUT2D eigenvalue weighted by Crippen LogP contribution is -2.35. The molecule has 0 heterocycles. The first kappa shape index (κ1) is 13.6. The van der Waals surface area contributed by atoms with Crippen LogP contribution in [0.2, 0.25) is 0 Å². The molecule has 0 bridgehead atoms. The predicted molar refractivity (Wildman–Crippen MR) is 69.3 cm³/mol. The lowest BCUT2D eigenvalue weighted by atomic mass is 10.1. The van der Waals surface area contributed by atoms with Crippen LogP contribution in [0.4, 0.5) is 4.39 Å². The molecule has 1 rings (SSSR count). The van der Waals surface area contributed by atoms with Gasteiger partial charge >= 0.3 is 0 Å². The van der Waals surface area contributed by atoms with E-state index in [9.17, 15) is 9.18 Å². The molecule has 3 nitrogen and oxygen atoms in total. The Bertz CT molecular complexity index is 436. The second-order valence-corrected chi connectivity index (χ2v) is 4.44. The summed E-state index contributed by atoms with van der Waals surface area (Å²) in [6.07, 6.45) is 0. The maximum Gasteiger partial charge on any atom is 0.256 e. The molecular weight excluding hydrogens is 239 g/mol. The Hall–Kier alpha value is -1.49. The van der Waals surface area contributed by atoms with Crippen molar-refractivity contribution < 1.29 is 9.18 Å². The zero-order valence-corrected chi connectivity index (χ0v) is 10.6. The van der Waals surface area contributed by atoms with Crippen molar-refractivity contribution in [3.63, 3.8) is 0 Å². The van der Waals surface area contributed by atoms with E-state index in [-0.39, 0.29) is 17.4 Å². The number of hydrogen-bond acceptors (Lipinski definition) is 2. The number of nitrogens with two attached hydrogens (primary N) is 1. The van der Waals surface area contributed by atoms with Gasteiger partial charge in [0.15, 0.2) is 0 Å². The lowest BCUT2D eigenvalue weighted by molar-refractivity contribution is 0.0782. The van der Waals surface area contributed by atoms with E-state index in [4.69, 9.17) is 18.0 Å². The van der Waals surface area contributed by atoms with Crippen molar-refractivity contribution in [1.82, 2.24) is 4.90 Å². The molecule has 0 aromatic heterocycles. The summed E-state index contributed by atoms with van der Waals surface area (Å²) in [5.74, 6) is -0.982. The van der Waals surface area contributed by atoms with Crippen LogP contribution in [0.1, 0.15) is 17.3 Å². The van der Waals surface area contributed by atoms with Gasteiger partial charge < -0.3 is 10.6 Å². The Morgan fingerprint density at radius 2 is 2.12 bits per heavy atom. The lowest BCUT2D eigenvalue weighted by Gasteiger charge is -2.21. The molecule has 1 aromatic rings. The first-order valence-electron chi connectivity index (χ1n) is 5.22. The Morgan fingerprint density at radius 3 is 2.65 bits per heavy atom. The van der Waals surface area contributed by atoms with Crippen LogP contribution in [0.3, 0.4) is 0 Å². The van der Waals surface area contributed by atoms with Crippen LogP contribution in [0.5, 0.6) is 0 Å². The summed E-state index contributed by atoms with van der Waals surface area (Å²) in [6.45, 7) is 2.20. The Morgan fingerprint density at radius 1 is 1.53 bits per heavy atom. The van der Waals surface area contributed by atoms with E-state index in [1.807, 2.05) is 6.92 Å². The van der Waals surface area contributed by atoms with Crippen LogP contribution in [-0.2, 0) is 0 Å². The molecule has 1 amide bonds. The van der Waals surface area contributed by atoms with E-state index < -0.39 is 5.82 Å². The van der Waals surface area contributed by atoms with Crippen LogP contribution < -0.4 is 5.73 Å². The third kappa shape index (κ3) is 3.49. The summed E-state index contributed by atoms with van der Waals surface area (Å²) in [5.41, 5.74) is 5.53. The molecule has 0 aliphatic rings. The first-order chi connectivity index (χ1) is 7.93. The van der Waals surface area contributed by atoms with Crippen molar-refractivity contribution >= 4 is 23.1 Å². The van der Waals surface area contributed by atoms with E-state index in [2.05, 4.69) is 0 Å². The average molecular weight is 254 g/mol. The summed E-state index contributed by atoms with van der Waals surface area (Å²) < 4.78 is 13.4. The minimum atomic E-state index is -0.521. The third-order valence-corrected chi connectivity index (χ3v) is 2.89. The molecule has 0 radical (unpaired) electrons. The van der Waals surface area contributed by atoms with Crippen LogP contribution >= 0.6 is 12.2 Å². The fourth-order valence-electron chi connectivity index (χ4n) is 1.42. The molecule has 0 aliphatic heterocycles. The normalized spacial score (nSPS) is 11.9. The van der Waals surface area contributed by atoms with Gasteiger partial charge in [0.2, 0.25) is 0 Å². The highest BCUT2D eigenvalue weighted by Gasteiger charge is 2.18. The molecule has 0 saturated heterocycles. The number of carbonyl (C=O) groups is 1. The van der Waals surface area contributed by atoms with Crippen LogP contribution in [0, 0.1) is 11.7 Å². The van der Waals surface area contributed by atoms with E-state index in [0.717, 1.165) is 0 Å². The van der Waals surface area contributed by atoms with E-state index in [1.165, 1.54) is 17.0 Å². The number of rotatable bonds is 4. The maximum absolute atomic E-state index is 13.4. The molecule has 0 spiro atoms. The first-order valence-corrected chi connectivity index (χ1v) is 5.63. The Kier molecular flexibility index (Phi) is 4.57. The second-order valence-electron chi connectivity index (χ2n) is 3.97. The summed E-state index contributed by atoms with van der Waals surface area (Å²) in [4.78, 5) is 13.7. The largest absolute Gasteiger partial charge is 0.393 e. The van der Waals surface area contributed by atoms with Gasteiger partial charge in [-0.1, -0.05) is 31.3 Å². The molecule has 5 heteroatoms. The average Bonchev–Trinajstić information content (AvgIpc) is 2.28. The van der Waals surface area contributed by atoms with Gasteiger partial charge in [0.25, 0.3) is 5.91 Å². The minimum absolute atomic E-state index is 0.0603. The molecule has 1 unspecified atom stereocenters. The maximum atomic E-state index is 13.4. The number of hydrogen-bond donors (Lipinski definition) is 1. The number of benzene rings is 1. The molecule has 1 atom stereocenters. The zero-order chi connectivity index (χ0) is 13.0. The van der Waals surface area contributed by atoms with Gasteiger partial charge in [0.05, 0.1) is 10.6 Å². The Balaban J connectivity index is 2.77. The van der Waals surface area contributed by atoms with Crippen LogP contribution in [0.15, 0.2) is 24.3 Å². The topological polar surface area (TPSA) is 46.3 Å². The summed E-state index contributed by atoms with van der Waals surface area (Å²) in [6, 6.07) is 5.89. The summed E-state index contributed by atoms with van der Waals surface area (Å²) in [5, 5.41) is 0. The molecule has 17 heavy (non-hydrogen) atoms. The van der Waals surface area contributed by atoms with Gasteiger partial charge in [-0.25, -0.2) is 4.39 Å². The molecule has 0 saturated carbocycles. The van der Waals surface area contributed by atoms with E-state index in [1.54, 1.807) is 19.2 Å². The molecule has 2 N–H and O–H groups in total. The standard InChI is InChI=1S/C12H15FN2OS/c1-8(11(14)17)7-15(2)12(16)9-5-3-4-6-10(9)13/h3-6,8H,7H2,1-2H3,(H2,14,17). The number of thiocarbonyl (C=S) groups is 1. The third-order valence-electron chi connectivity index (χ3n) is 2.48. The zero-order valence-electron chi connectivity index (χ0n) is 9.81. The Labute approximate surface area is 105 Å². The minimum Gasteiger partial charge on any atom is -0.393 e. The summed E-state index contributed by atoms with van der Waals surface area (Å²) >= 11 is 4.83. The summed E-state index contributed by atoms with van der Waals surface area (Å²) in [7, 11) is 1.60. The van der Waals surface area contributed by atoms with Crippen molar-refractivity contribution in [2.24, 2.45) is 11.7 Å². The van der Waals surface area contributed by atoms with E-state index in [0.29, 0.717) is 11.5 Å². The number of nitrogens with zero attached hydrogens (tertiary/aromatic N) is 1. The highest BCUT2D eigenvalue weighted by Crippen LogP contribution is 2.10.